The Morgan fingerprint density at radius 2 is 2.14 bits per heavy atom. The Bertz CT molecular complexity index is 301. The summed E-state index contributed by atoms with van der Waals surface area (Å²) >= 11 is 0. The van der Waals surface area contributed by atoms with Crippen LogP contribution in [0.2, 0.25) is 0 Å². The molecule has 0 atom stereocenters. The Morgan fingerprint density at radius 1 is 1.43 bits per heavy atom. The lowest BCUT2D eigenvalue weighted by molar-refractivity contribution is -0.0746. The molecule has 0 saturated heterocycles. The van der Waals surface area contributed by atoms with E-state index in [1.165, 1.54) is 6.42 Å². The lowest BCUT2D eigenvalue weighted by atomic mass is 9.77. The molecule has 1 fully saturated rings. The number of ether oxygens (including phenoxy) is 1. The van der Waals surface area contributed by atoms with Crippen LogP contribution in [-0.2, 0) is 17.7 Å². The second-order valence-corrected chi connectivity index (χ2v) is 3.71. The molecule has 5 nitrogen and oxygen atoms in total. The zero-order valence-electron chi connectivity index (χ0n) is 8.32. The summed E-state index contributed by atoms with van der Waals surface area (Å²) in [6.07, 6.45) is 4.07. The van der Waals surface area contributed by atoms with Gasteiger partial charge in [-0.15, -0.1) is 10.2 Å². The first-order valence-electron chi connectivity index (χ1n) is 4.84. The van der Waals surface area contributed by atoms with Gasteiger partial charge in [0, 0.05) is 7.11 Å². The lowest BCUT2D eigenvalue weighted by Crippen LogP contribution is -2.41. The van der Waals surface area contributed by atoms with E-state index in [0.29, 0.717) is 24.7 Å². The van der Waals surface area contributed by atoms with Gasteiger partial charge in [0.1, 0.15) is 0 Å². The zero-order valence-corrected chi connectivity index (χ0v) is 8.32. The molecule has 14 heavy (non-hydrogen) atoms. The average Bonchev–Trinajstić information content (AvgIpc) is 2.59. The number of nitrogens with two attached hydrogens (primary N) is 1. The van der Waals surface area contributed by atoms with E-state index in [9.17, 15) is 0 Å². The quantitative estimate of drug-likeness (QED) is 0.766. The summed E-state index contributed by atoms with van der Waals surface area (Å²) in [4.78, 5) is 0. The van der Waals surface area contributed by atoms with Crippen molar-refractivity contribution in [3.8, 4) is 0 Å². The highest BCUT2D eigenvalue weighted by Gasteiger charge is 2.38. The van der Waals surface area contributed by atoms with Crippen LogP contribution in [0.5, 0.6) is 0 Å². The monoisotopic (exact) mass is 197 g/mol. The maximum Gasteiger partial charge on any atom is 0.230 e. The van der Waals surface area contributed by atoms with Gasteiger partial charge in [0.25, 0.3) is 0 Å². The molecule has 78 valence electrons. The molecule has 0 aliphatic heterocycles. The van der Waals surface area contributed by atoms with Crippen LogP contribution in [0.3, 0.4) is 0 Å². The molecule has 2 rings (SSSR count). The second-order valence-electron chi connectivity index (χ2n) is 3.71. The minimum atomic E-state index is -0.0571. The van der Waals surface area contributed by atoms with E-state index in [2.05, 4.69) is 10.2 Å². The third kappa shape index (κ3) is 1.65. The summed E-state index contributed by atoms with van der Waals surface area (Å²) in [5.41, 5.74) is 5.32. The largest absolute Gasteiger partial charge is 0.424 e. The van der Waals surface area contributed by atoms with Crippen molar-refractivity contribution in [2.24, 2.45) is 5.73 Å². The molecule has 1 aliphatic carbocycles. The number of aromatic nitrogens is 2. The summed E-state index contributed by atoms with van der Waals surface area (Å²) < 4.78 is 10.8. The normalized spacial score (nSPS) is 19.3. The van der Waals surface area contributed by atoms with E-state index in [1.807, 2.05) is 0 Å². The minimum Gasteiger partial charge on any atom is -0.424 e. The molecule has 2 N–H and O–H groups in total. The molecule has 5 heteroatoms. The standard InChI is InChI=1S/C9H15N3O2/c1-13-9(3-2-4-9)5-7-11-12-8(6-10)14-7/h2-6,10H2,1H3. The van der Waals surface area contributed by atoms with Gasteiger partial charge in [-0.05, 0) is 19.3 Å². The van der Waals surface area contributed by atoms with Crippen LogP contribution < -0.4 is 5.73 Å². The molecule has 0 unspecified atom stereocenters. The van der Waals surface area contributed by atoms with E-state index in [1.54, 1.807) is 7.11 Å². The van der Waals surface area contributed by atoms with Gasteiger partial charge in [0.05, 0.1) is 18.6 Å². The Morgan fingerprint density at radius 3 is 2.57 bits per heavy atom. The van der Waals surface area contributed by atoms with Crippen molar-refractivity contribution in [2.75, 3.05) is 7.11 Å². The predicted molar refractivity (Wildman–Crippen MR) is 49.5 cm³/mol. The molecule has 0 bridgehead atoms. The fraction of sp³-hybridized carbons (Fsp3) is 0.778. The Labute approximate surface area is 82.6 Å². The highest BCUT2D eigenvalue weighted by molar-refractivity contribution is 4.97. The Hall–Kier alpha value is -0.940. The van der Waals surface area contributed by atoms with Crippen molar-refractivity contribution >= 4 is 0 Å². The molecular formula is C9H15N3O2. The van der Waals surface area contributed by atoms with Crippen LogP contribution in [-0.4, -0.2) is 22.9 Å². The number of methoxy groups -OCH3 is 1. The third-order valence-corrected chi connectivity index (χ3v) is 2.85. The van der Waals surface area contributed by atoms with Crippen molar-refractivity contribution < 1.29 is 9.15 Å². The molecule has 0 spiro atoms. The van der Waals surface area contributed by atoms with Crippen LogP contribution >= 0.6 is 0 Å². The zero-order chi connectivity index (χ0) is 10.0. The van der Waals surface area contributed by atoms with Gasteiger partial charge in [0.2, 0.25) is 11.8 Å². The fourth-order valence-electron chi connectivity index (χ4n) is 1.74. The molecule has 0 amide bonds. The van der Waals surface area contributed by atoms with Crippen LogP contribution in [0.4, 0.5) is 0 Å². The molecule has 1 aromatic heterocycles. The van der Waals surface area contributed by atoms with Crippen molar-refractivity contribution in [1.29, 1.82) is 0 Å². The lowest BCUT2D eigenvalue weighted by Gasteiger charge is -2.39. The van der Waals surface area contributed by atoms with E-state index in [0.717, 1.165) is 12.8 Å². The Balaban J connectivity index is 2.02. The number of rotatable bonds is 4. The SMILES string of the molecule is COC1(Cc2nnc(CN)o2)CCC1. The van der Waals surface area contributed by atoms with Crippen molar-refractivity contribution in [1.82, 2.24) is 10.2 Å². The number of hydrogen-bond acceptors (Lipinski definition) is 5. The van der Waals surface area contributed by atoms with Gasteiger partial charge in [-0.25, -0.2) is 0 Å². The molecular weight excluding hydrogens is 182 g/mol. The van der Waals surface area contributed by atoms with E-state index in [4.69, 9.17) is 14.9 Å². The summed E-state index contributed by atoms with van der Waals surface area (Å²) in [6.45, 7) is 0.299. The van der Waals surface area contributed by atoms with Crippen LogP contribution in [0.15, 0.2) is 4.42 Å². The van der Waals surface area contributed by atoms with Gasteiger partial charge in [-0.3, -0.25) is 0 Å². The maximum atomic E-state index is 5.46. The van der Waals surface area contributed by atoms with Crippen LogP contribution in [0, 0.1) is 0 Å². The molecule has 0 radical (unpaired) electrons. The summed E-state index contributed by atoms with van der Waals surface area (Å²) in [5, 5.41) is 7.74. The van der Waals surface area contributed by atoms with Crippen LogP contribution in [0.25, 0.3) is 0 Å². The van der Waals surface area contributed by atoms with Gasteiger partial charge in [0.15, 0.2) is 0 Å². The topological polar surface area (TPSA) is 74.2 Å². The number of nitrogens with zero attached hydrogens (tertiary/aromatic N) is 2. The highest BCUT2D eigenvalue weighted by Crippen LogP contribution is 2.37. The fourth-order valence-corrected chi connectivity index (χ4v) is 1.74. The second kappa shape index (κ2) is 3.67. The molecule has 1 saturated carbocycles. The molecule has 1 aromatic rings. The Kier molecular flexibility index (Phi) is 2.52. The molecule has 1 aliphatic rings. The highest BCUT2D eigenvalue weighted by atomic mass is 16.5. The first-order valence-corrected chi connectivity index (χ1v) is 4.84. The summed E-state index contributed by atoms with van der Waals surface area (Å²) in [7, 11) is 1.74. The number of hydrogen-bond donors (Lipinski definition) is 1. The molecule has 0 aromatic carbocycles. The van der Waals surface area contributed by atoms with Crippen molar-refractivity contribution in [3.05, 3.63) is 11.8 Å². The molecule has 1 heterocycles. The minimum absolute atomic E-state index is 0.0571. The van der Waals surface area contributed by atoms with Crippen molar-refractivity contribution in [2.45, 2.75) is 37.8 Å². The van der Waals surface area contributed by atoms with Gasteiger partial charge < -0.3 is 14.9 Å². The third-order valence-electron chi connectivity index (χ3n) is 2.85. The van der Waals surface area contributed by atoms with E-state index < -0.39 is 0 Å². The first-order chi connectivity index (χ1) is 6.78. The van der Waals surface area contributed by atoms with E-state index in [-0.39, 0.29) is 5.60 Å². The van der Waals surface area contributed by atoms with Gasteiger partial charge in [-0.1, -0.05) is 0 Å². The smallest absolute Gasteiger partial charge is 0.230 e. The van der Waals surface area contributed by atoms with Gasteiger partial charge >= 0.3 is 0 Å². The summed E-state index contributed by atoms with van der Waals surface area (Å²) in [5.74, 6) is 1.12. The van der Waals surface area contributed by atoms with E-state index >= 15 is 0 Å². The van der Waals surface area contributed by atoms with Crippen LogP contribution in [0.1, 0.15) is 31.0 Å². The van der Waals surface area contributed by atoms with Gasteiger partial charge in [-0.2, -0.15) is 0 Å². The maximum absolute atomic E-state index is 5.46. The average molecular weight is 197 g/mol. The predicted octanol–water partition coefficient (Wildman–Crippen LogP) is 0.640. The summed E-state index contributed by atoms with van der Waals surface area (Å²) in [6, 6.07) is 0. The van der Waals surface area contributed by atoms with Crippen molar-refractivity contribution in [3.63, 3.8) is 0 Å². The first kappa shape index (κ1) is 9.61.